The molecule has 2 atom stereocenters. The van der Waals surface area contributed by atoms with Gasteiger partial charge in [0.15, 0.2) is 0 Å². The van der Waals surface area contributed by atoms with Crippen molar-refractivity contribution in [2.24, 2.45) is 0 Å². The van der Waals surface area contributed by atoms with E-state index in [4.69, 9.17) is 0 Å². The monoisotopic (exact) mass is 162 g/mol. The van der Waals surface area contributed by atoms with E-state index in [1.165, 1.54) is 5.56 Å². The van der Waals surface area contributed by atoms with E-state index >= 15 is 0 Å². The van der Waals surface area contributed by atoms with Gasteiger partial charge < -0.3 is 5.32 Å². The number of nitrogens with one attached hydrogen (secondary N) is 1. The average Bonchev–Trinajstić information content (AvgIpc) is 2.05. The van der Waals surface area contributed by atoms with E-state index in [0.29, 0.717) is 12.1 Å². The molecule has 1 N–H and O–H groups in total. The Labute approximate surface area is 74.8 Å². The predicted molar refractivity (Wildman–Crippen MR) is 52.8 cm³/mol. The first kappa shape index (κ1) is 9.27. The van der Waals surface area contributed by atoms with Gasteiger partial charge in [0.1, 0.15) is 0 Å². The molecule has 0 saturated heterocycles. The van der Waals surface area contributed by atoms with Gasteiger partial charge in [0.25, 0.3) is 0 Å². The zero-order valence-electron chi connectivity index (χ0n) is 7.75. The van der Waals surface area contributed by atoms with Gasteiger partial charge in [-0.3, -0.25) is 0 Å². The summed E-state index contributed by atoms with van der Waals surface area (Å²) in [6.07, 6.45) is 0. The molecule has 0 aliphatic rings. The fourth-order valence-electron chi connectivity index (χ4n) is 1.26. The summed E-state index contributed by atoms with van der Waals surface area (Å²) in [4.78, 5) is 0. The fraction of sp³-hybridized carbons (Fsp3) is 0.364. The van der Waals surface area contributed by atoms with E-state index < -0.39 is 0 Å². The van der Waals surface area contributed by atoms with Crippen molar-refractivity contribution in [3.63, 3.8) is 0 Å². The molecule has 0 aliphatic heterocycles. The molecule has 1 heteroatoms. The molecule has 1 aromatic rings. The maximum absolute atomic E-state index is 3.89. The summed E-state index contributed by atoms with van der Waals surface area (Å²) in [6, 6.07) is 11.1. The molecule has 0 amide bonds. The number of rotatable bonds is 3. The summed E-state index contributed by atoms with van der Waals surface area (Å²) in [5, 5.41) is 3.35. The first-order valence-electron chi connectivity index (χ1n) is 4.34. The predicted octanol–water partition coefficient (Wildman–Crippen LogP) is 2.56. The Morgan fingerprint density at radius 3 is 2.25 bits per heavy atom. The maximum atomic E-state index is 3.89. The number of hydrogen-bond acceptors (Lipinski definition) is 1. The summed E-state index contributed by atoms with van der Waals surface area (Å²) in [7, 11) is 0. The third-order valence-electron chi connectivity index (χ3n) is 1.83. The smallest absolute Gasteiger partial charge is 0.0294 e. The third kappa shape index (κ3) is 2.67. The molecule has 0 saturated carbocycles. The van der Waals surface area contributed by atoms with Crippen LogP contribution in [0.1, 0.15) is 25.5 Å². The van der Waals surface area contributed by atoms with Crippen LogP contribution in [0, 0.1) is 6.92 Å². The van der Waals surface area contributed by atoms with Gasteiger partial charge in [-0.25, -0.2) is 0 Å². The molecule has 0 fully saturated rings. The minimum Gasteiger partial charge on any atom is -0.308 e. The first-order chi connectivity index (χ1) is 5.70. The van der Waals surface area contributed by atoms with Gasteiger partial charge >= 0.3 is 0 Å². The second-order valence-corrected chi connectivity index (χ2v) is 3.20. The Morgan fingerprint density at radius 1 is 1.17 bits per heavy atom. The molecular weight excluding hydrogens is 146 g/mol. The third-order valence-corrected chi connectivity index (χ3v) is 1.83. The summed E-state index contributed by atoms with van der Waals surface area (Å²) in [5.41, 5.74) is 1.31. The lowest BCUT2D eigenvalue weighted by Gasteiger charge is -2.16. The highest BCUT2D eigenvalue weighted by Gasteiger charge is 2.04. The lowest BCUT2D eigenvalue weighted by molar-refractivity contribution is 0.534. The van der Waals surface area contributed by atoms with Crippen LogP contribution in [-0.2, 0) is 0 Å². The molecule has 1 radical (unpaired) electrons. The second kappa shape index (κ2) is 4.27. The molecule has 0 aliphatic carbocycles. The van der Waals surface area contributed by atoms with Gasteiger partial charge in [-0.2, -0.15) is 0 Å². The Kier molecular flexibility index (Phi) is 3.30. The van der Waals surface area contributed by atoms with Crippen LogP contribution in [0.5, 0.6) is 0 Å². The van der Waals surface area contributed by atoms with Crippen molar-refractivity contribution in [2.75, 3.05) is 0 Å². The van der Waals surface area contributed by atoms with Crippen LogP contribution >= 0.6 is 0 Å². The maximum Gasteiger partial charge on any atom is 0.0294 e. The Bertz CT molecular complexity index is 216. The number of benzene rings is 1. The second-order valence-electron chi connectivity index (χ2n) is 3.20. The van der Waals surface area contributed by atoms with E-state index in [1.54, 1.807) is 0 Å². The molecule has 0 spiro atoms. The highest BCUT2D eigenvalue weighted by atomic mass is 14.9. The van der Waals surface area contributed by atoms with E-state index in [2.05, 4.69) is 50.4 Å². The van der Waals surface area contributed by atoms with Crippen LogP contribution in [0.2, 0.25) is 0 Å². The van der Waals surface area contributed by atoms with E-state index in [-0.39, 0.29) is 0 Å². The van der Waals surface area contributed by atoms with Crippen molar-refractivity contribution in [3.05, 3.63) is 42.8 Å². The van der Waals surface area contributed by atoms with Crippen LogP contribution in [0.4, 0.5) is 0 Å². The summed E-state index contributed by atoms with van der Waals surface area (Å²) >= 11 is 0. The zero-order chi connectivity index (χ0) is 8.97. The van der Waals surface area contributed by atoms with Crippen molar-refractivity contribution in [2.45, 2.75) is 25.9 Å². The van der Waals surface area contributed by atoms with Crippen LogP contribution in [-0.4, -0.2) is 6.04 Å². The van der Waals surface area contributed by atoms with Crippen molar-refractivity contribution in [3.8, 4) is 0 Å². The van der Waals surface area contributed by atoms with Gasteiger partial charge in [0, 0.05) is 12.1 Å². The van der Waals surface area contributed by atoms with Crippen molar-refractivity contribution >= 4 is 0 Å². The van der Waals surface area contributed by atoms with Gasteiger partial charge in [0.05, 0.1) is 0 Å². The van der Waals surface area contributed by atoms with Crippen LogP contribution in [0.15, 0.2) is 30.3 Å². The molecule has 0 aromatic heterocycles. The summed E-state index contributed by atoms with van der Waals surface area (Å²) in [6.45, 7) is 8.10. The van der Waals surface area contributed by atoms with Gasteiger partial charge in [-0.1, -0.05) is 30.3 Å². The number of hydrogen-bond donors (Lipinski definition) is 1. The lowest BCUT2D eigenvalue weighted by Crippen LogP contribution is -2.26. The quantitative estimate of drug-likeness (QED) is 0.720. The van der Waals surface area contributed by atoms with Crippen molar-refractivity contribution in [1.82, 2.24) is 5.32 Å². The molecular formula is C11H16N. The fourth-order valence-corrected chi connectivity index (χ4v) is 1.26. The van der Waals surface area contributed by atoms with Crippen molar-refractivity contribution < 1.29 is 0 Å². The topological polar surface area (TPSA) is 12.0 Å². The van der Waals surface area contributed by atoms with E-state index in [9.17, 15) is 0 Å². The molecule has 0 bridgehead atoms. The molecule has 1 nitrogen and oxygen atoms in total. The van der Waals surface area contributed by atoms with E-state index in [1.807, 2.05) is 6.07 Å². The molecule has 1 rings (SSSR count). The summed E-state index contributed by atoms with van der Waals surface area (Å²) < 4.78 is 0. The highest BCUT2D eigenvalue weighted by Crippen LogP contribution is 2.11. The lowest BCUT2D eigenvalue weighted by atomic mass is 10.1. The van der Waals surface area contributed by atoms with Crippen LogP contribution < -0.4 is 5.32 Å². The summed E-state index contributed by atoms with van der Waals surface area (Å²) in [5.74, 6) is 0. The standard InChI is InChI=1S/C11H16N/c1-9(2)12-10(3)11-7-5-4-6-8-11/h4-10,12H,1H2,2-3H3/t9-,10-/m1/s1. The Balaban J connectivity index is 2.59. The molecule has 0 heterocycles. The molecule has 1 aromatic carbocycles. The average molecular weight is 162 g/mol. The van der Waals surface area contributed by atoms with Crippen LogP contribution in [0.25, 0.3) is 0 Å². The van der Waals surface area contributed by atoms with E-state index in [0.717, 1.165) is 0 Å². The van der Waals surface area contributed by atoms with Crippen LogP contribution in [0.3, 0.4) is 0 Å². The normalized spacial score (nSPS) is 13.3. The van der Waals surface area contributed by atoms with Gasteiger partial charge in [-0.05, 0) is 26.3 Å². The zero-order valence-corrected chi connectivity index (χ0v) is 7.75. The highest BCUT2D eigenvalue weighted by molar-refractivity contribution is 5.18. The molecule has 12 heavy (non-hydrogen) atoms. The largest absolute Gasteiger partial charge is 0.308 e. The first-order valence-corrected chi connectivity index (χ1v) is 4.34. The molecule has 0 unspecified atom stereocenters. The minimum absolute atomic E-state index is 0.292. The Hall–Kier alpha value is -0.820. The van der Waals surface area contributed by atoms with Crippen molar-refractivity contribution in [1.29, 1.82) is 0 Å². The SMILES string of the molecule is [CH2][C@H](C)N[C@H](C)c1ccccc1. The molecule has 65 valence electrons. The minimum atomic E-state index is 0.292. The van der Waals surface area contributed by atoms with Gasteiger partial charge in [-0.15, -0.1) is 0 Å². The van der Waals surface area contributed by atoms with Gasteiger partial charge in [0.2, 0.25) is 0 Å². The Morgan fingerprint density at radius 2 is 1.75 bits per heavy atom.